The molecule has 0 nitrogen and oxygen atoms in total. The first-order valence-electron chi connectivity index (χ1n) is 4.41. The van der Waals surface area contributed by atoms with E-state index in [1.807, 2.05) is 0 Å². The van der Waals surface area contributed by atoms with E-state index < -0.39 is 0 Å². The van der Waals surface area contributed by atoms with Crippen LogP contribution in [-0.2, 0) is 26.2 Å². The Balaban J connectivity index is 0.000000845. The van der Waals surface area contributed by atoms with Gasteiger partial charge in [0.1, 0.15) is 0 Å². The molecule has 1 heteroatoms. The monoisotopic (exact) mass is 250 g/mol. The van der Waals surface area contributed by atoms with Crippen LogP contribution in [0.1, 0.15) is 0 Å². The van der Waals surface area contributed by atoms with Gasteiger partial charge < -0.3 is 6.92 Å². The molecule has 0 N–H and O–H groups in total. The predicted molar refractivity (Wildman–Crippen MR) is 56.6 cm³/mol. The van der Waals surface area contributed by atoms with E-state index in [0.29, 0.717) is 17.8 Å². The molecule has 0 heterocycles. The molecule has 69 valence electrons. The Hall–Kier alpha value is -0.157. The van der Waals surface area contributed by atoms with Gasteiger partial charge in [-0.15, -0.1) is 5.92 Å². The van der Waals surface area contributed by atoms with E-state index in [0.717, 1.165) is 0 Å². The summed E-state index contributed by atoms with van der Waals surface area (Å²) in [4.78, 5) is 0. The van der Waals surface area contributed by atoms with Crippen molar-refractivity contribution in [3.05, 3.63) is 55.5 Å². The van der Waals surface area contributed by atoms with Crippen molar-refractivity contribution in [3.8, 4) is 0 Å². The van der Waals surface area contributed by atoms with Crippen LogP contribution < -0.4 is 0 Å². The first kappa shape index (κ1) is 10.9. The minimum absolute atomic E-state index is 0. The normalized spacial score (nSPS) is 20.5. The van der Waals surface area contributed by atoms with Gasteiger partial charge in [-0.1, -0.05) is 48.6 Å². The van der Waals surface area contributed by atoms with Crippen molar-refractivity contribution in [1.29, 1.82) is 0 Å². The fraction of sp³-hybridized carbons (Fsp3) is 0.250. The fourth-order valence-electron chi connectivity index (χ4n) is 1.73. The Bertz CT molecular complexity index is 219. The summed E-state index contributed by atoms with van der Waals surface area (Å²) in [6.07, 6.45) is 17.3. The number of allylic oxidation sites excluding steroid dienone is 8. The second kappa shape index (κ2) is 4.91. The molecule has 13 heavy (non-hydrogen) atoms. The molecule has 0 unspecified atom stereocenters. The Morgan fingerprint density at radius 1 is 0.769 bits per heavy atom. The predicted octanol–water partition coefficient (Wildman–Crippen LogP) is 2.12. The van der Waals surface area contributed by atoms with Crippen LogP contribution in [-0.4, -0.2) is 0 Å². The average Bonchev–Trinajstić information content (AvgIpc) is 2.77. The molecule has 0 aromatic carbocycles. The van der Waals surface area contributed by atoms with Crippen molar-refractivity contribution in [3.63, 3.8) is 0 Å². The van der Waals surface area contributed by atoms with Gasteiger partial charge in [0.2, 0.25) is 0 Å². The van der Waals surface area contributed by atoms with Crippen LogP contribution >= 0.6 is 0 Å². The summed E-state index contributed by atoms with van der Waals surface area (Å²) < 4.78 is 0. The number of rotatable bonds is 2. The molecule has 0 aromatic heterocycles. The molecule has 0 fully saturated rings. The van der Waals surface area contributed by atoms with Gasteiger partial charge in [0, 0.05) is 0 Å². The second-order valence-electron chi connectivity index (χ2n) is 3.36. The summed E-state index contributed by atoms with van der Waals surface area (Å²) in [6.45, 7) is 4.20. The SMILES string of the molecule is [CH2-]C(C1C=CC=C1)C1C=CC=C1.[ZrH3]. The van der Waals surface area contributed by atoms with E-state index in [1.54, 1.807) is 0 Å². The fourth-order valence-corrected chi connectivity index (χ4v) is 1.73. The van der Waals surface area contributed by atoms with E-state index in [1.165, 1.54) is 0 Å². The number of hydrogen-bond acceptors (Lipinski definition) is 0. The minimum atomic E-state index is 0. The van der Waals surface area contributed by atoms with E-state index in [9.17, 15) is 0 Å². The zero-order chi connectivity index (χ0) is 8.39. The molecule has 2 rings (SSSR count). The summed E-state index contributed by atoms with van der Waals surface area (Å²) in [6, 6.07) is 0. The van der Waals surface area contributed by atoms with Gasteiger partial charge >= 0.3 is 26.2 Å². The molecule has 0 spiro atoms. The molecule has 0 atom stereocenters. The van der Waals surface area contributed by atoms with E-state index in [2.05, 4.69) is 55.5 Å². The Morgan fingerprint density at radius 2 is 1.08 bits per heavy atom. The molecule has 0 saturated carbocycles. The first-order valence-corrected chi connectivity index (χ1v) is 4.41. The van der Waals surface area contributed by atoms with Crippen molar-refractivity contribution in [2.75, 3.05) is 0 Å². The van der Waals surface area contributed by atoms with Crippen molar-refractivity contribution in [2.45, 2.75) is 0 Å². The average molecular weight is 251 g/mol. The standard InChI is InChI=1S/C12H13.Zr.3H/c1-10(11-6-2-3-7-11)12-8-4-5-9-12;;;;/h2-12H,1H2;;;;/q-1;;;;. The molecular formula is C12H16Zr-. The number of hydrogen-bond donors (Lipinski definition) is 0. The van der Waals surface area contributed by atoms with Crippen molar-refractivity contribution < 1.29 is 26.2 Å². The van der Waals surface area contributed by atoms with Crippen LogP contribution in [0.25, 0.3) is 0 Å². The van der Waals surface area contributed by atoms with Crippen LogP contribution in [0, 0.1) is 24.7 Å². The molecule has 2 aliphatic rings. The van der Waals surface area contributed by atoms with Crippen LogP contribution in [0.3, 0.4) is 0 Å². The zero-order valence-electron chi connectivity index (χ0n) is 8.06. The van der Waals surface area contributed by atoms with Crippen molar-refractivity contribution in [1.82, 2.24) is 0 Å². The summed E-state index contributed by atoms with van der Waals surface area (Å²) in [5, 5.41) is 0. The summed E-state index contributed by atoms with van der Waals surface area (Å²) >= 11 is 0. The second-order valence-corrected chi connectivity index (χ2v) is 3.36. The first-order chi connectivity index (χ1) is 5.88. The van der Waals surface area contributed by atoms with Crippen LogP contribution in [0.4, 0.5) is 0 Å². The van der Waals surface area contributed by atoms with Crippen molar-refractivity contribution in [2.24, 2.45) is 17.8 Å². The molecular weight excluding hydrogens is 235 g/mol. The Labute approximate surface area is 99.2 Å². The molecule has 2 aliphatic carbocycles. The van der Waals surface area contributed by atoms with Gasteiger partial charge in [0.15, 0.2) is 0 Å². The molecule has 0 saturated heterocycles. The van der Waals surface area contributed by atoms with Crippen LogP contribution in [0.5, 0.6) is 0 Å². The third-order valence-electron chi connectivity index (χ3n) is 2.54. The van der Waals surface area contributed by atoms with Gasteiger partial charge in [0.25, 0.3) is 0 Å². The molecule has 0 radical (unpaired) electrons. The molecule has 0 bridgehead atoms. The third-order valence-corrected chi connectivity index (χ3v) is 2.54. The van der Waals surface area contributed by atoms with Crippen LogP contribution in [0.2, 0.25) is 0 Å². The Kier molecular flexibility index (Phi) is 4.12. The maximum atomic E-state index is 4.20. The molecule has 0 amide bonds. The van der Waals surface area contributed by atoms with E-state index in [-0.39, 0.29) is 26.2 Å². The van der Waals surface area contributed by atoms with E-state index >= 15 is 0 Å². The van der Waals surface area contributed by atoms with Gasteiger partial charge in [0.05, 0.1) is 0 Å². The van der Waals surface area contributed by atoms with Gasteiger partial charge in [-0.25, -0.2) is 0 Å². The van der Waals surface area contributed by atoms with Crippen LogP contribution in [0.15, 0.2) is 48.6 Å². The summed E-state index contributed by atoms with van der Waals surface area (Å²) in [5.74, 6) is 1.51. The van der Waals surface area contributed by atoms with Crippen molar-refractivity contribution >= 4 is 0 Å². The van der Waals surface area contributed by atoms with E-state index in [4.69, 9.17) is 0 Å². The van der Waals surface area contributed by atoms with Gasteiger partial charge in [-0.3, -0.25) is 0 Å². The quantitative estimate of drug-likeness (QED) is 0.660. The Morgan fingerprint density at radius 3 is 1.38 bits per heavy atom. The maximum absolute atomic E-state index is 4.20. The van der Waals surface area contributed by atoms with Gasteiger partial charge in [-0.2, -0.15) is 0 Å². The van der Waals surface area contributed by atoms with Gasteiger partial charge in [-0.05, 0) is 11.8 Å². The summed E-state index contributed by atoms with van der Waals surface area (Å²) in [5.41, 5.74) is 0. The topological polar surface area (TPSA) is 0 Å². The molecule has 0 aliphatic heterocycles. The summed E-state index contributed by atoms with van der Waals surface area (Å²) in [7, 11) is 0. The molecule has 0 aromatic rings. The third kappa shape index (κ3) is 2.40. The zero-order valence-corrected chi connectivity index (χ0v) is 13.0.